The summed E-state index contributed by atoms with van der Waals surface area (Å²) < 4.78 is 63.5. The fraction of sp³-hybridized carbons (Fsp3) is 0.423. The van der Waals surface area contributed by atoms with Crippen LogP contribution in [0.1, 0.15) is 30.5 Å². The number of methoxy groups -OCH3 is 2. The van der Waals surface area contributed by atoms with E-state index in [0.29, 0.717) is 6.61 Å². The maximum Gasteiger partial charge on any atom is 0.573 e. The summed E-state index contributed by atoms with van der Waals surface area (Å²) in [6, 6.07) is 13.1. The predicted molar refractivity (Wildman–Crippen MR) is 129 cm³/mol. The number of hydrogen-bond acceptors (Lipinski definition) is 7. The van der Waals surface area contributed by atoms with Crippen molar-refractivity contribution in [1.29, 1.82) is 0 Å². The van der Waals surface area contributed by atoms with Gasteiger partial charge in [0.2, 0.25) is 0 Å². The van der Waals surface area contributed by atoms with Crippen LogP contribution in [-0.2, 0) is 23.8 Å². The third-order valence-corrected chi connectivity index (χ3v) is 5.52. The molecule has 2 aromatic carbocycles. The summed E-state index contributed by atoms with van der Waals surface area (Å²) in [4.78, 5) is 5.60. The maximum absolute atomic E-state index is 12.3. The van der Waals surface area contributed by atoms with Crippen LogP contribution < -0.4 is 4.74 Å². The van der Waals surface area contributed by atoms with E-state index in [9.17, 15) is 13.2 Å². The molecule has 0 unspecified atom stereocenters. The SMILES string of the molecule is CCO[C@@H]1[C@@H](OC)[C@H](C)O[C@@H](ON=Cc2ccc(/C=C/c3ccc(OC(F)(F)F)cc3)cc2)[C@@H]1OC. The highest BCUT2D eigenvalue weighted by Crippen LogP contribution is 2.28. The molecule has 1 fully saturated rings. The molecule has 1 aliphatic rings. The van der Waals surface area contributed by atoms with Gasteiger partial charge in [-0.05, 0) is 42.7 Å². The lowest BCUT2D eigenvalue weighted by Gasteiger charge is -2.42. The predicted octanol–water partition coefficient (Wildman–Crippen LogP) is 5.29. The van der Waals surface area contributed by atoms with Gasteiger partial charge in [-0.1, -0.05) is 53.7 Å². The summed E-state index contributed by atoms with van der Waals surface area (Å²) in [5.41, 5.74) is 2.44. The first-order valence-electron chi connectivity index (χ1n) is 11.4. The molecule has 0 N–H and O–H groups in total. The van der Waals surface area contributed by atoms with Crippen LogP contribution in [0.25, 0.3) is 12.2 Å². The number of hydrogen-bond donors (Lipinski definition) is 0. The summed E-state index contributed by atoms with van der Waals surface area (Å²) in [6.45, 7) is 4.27. The van der Waals surface area contributed by atoms with Crippen molar-refractivity contribution in [3.05, 3.63) is 65.2 Å². The van der Waals surface area contributed by atoms with Gasteiger partial charge in [-0.2, -0.15) is 0 Å². The second-order valence-corrected chi connectivity index (χ2v) is 7.99. The Bertz CT molecular complexity index is 994. The van der Waals surface area contributed by atoms with Crippen molar-refractivity contribution < 1.29 is 41.7 Å². The third kappa shape index (κ3) is 7.79. The number of rotatable bonds is 10. The molecule has 36 heavy (non-hydrogen) atoms. The molecule has 1 heterocycles. The molecule has 0 bridgehead atoms. The quantitative estimate of drug-likeness (QED) is 0.247. The van der Waals surface area contributed by atoms with Crippen LogP contribution in [0.3, 0.4) is 0 Å². The number of nitrogens with zero attached hydrogens (tertiary/aromatic N) is 1. The molecule has 0 radical (unpaired) electrons. The van der Waals surface area contributed by atoms with E-state index in [-0.39, 0.29) is 24.1 Å². The van der Waals surface area contributed by atoms with Crippen molar-refractivity contribution in [3.8, 4) is 5.75 Å². The molecule has 2 aromatic rings. The largest absolute Gasteiger partial charge is 0.573 e. The van der Waals surface area contributed by atoms with E-state index in [0.717, 1.165) is 16.7 Å². The smallest absolute Gasteiger partial charge is 0.406 e. The van der Waals surface area contributed by atoms with Crippen molar-refractivity contribution in [2.75, 3.05) is 20.8 Å². The topological polar surface area (TPSA) is 67.7 Å². The zero-order chi connectivity index (χ0) is 26.1. The van der Waals surface area contributed by atoms with Crippen molar-refractivity contribution in [2.24, 2.45) is 5.16 Å². The monoisotopic (exact) mass is 509 g/mol. The Labute approximate surface area is 208 Å². The Hall–Kier alpha value is -2.92. The molecule has 0 aromatic heterocycles. The summed E-state index contributed by atoms with van der Waals surface area (Å²) in [6.07, 6.45) is -1.75. The average Bonchev–Trinajstić information content (AvgIpc) is 2.84. The highest BCUT2D eigenvalue weighted by molar-refractivity contribution is 5.80. The van der Waals surface area contributed by atoms with E-state index in [4.69, 9.17) is 23.8 Å². The van der Waals surface area contributed by atoms with Crippen molar-refractivity contribution in [2.45, 2.75) is 50.9 Å². The Balaban J connectivity index is 1.57. The van der Waals surface area contributed by atoms with Crippen LogP contribution in [0.2, 0.25) is 0 Å². The van der Waals surface area contributed by atoms with Gasteiger partial charge in [-0.3, -0.25) is 0 Å². The van der Waals surface area contributed by atoms with Crippen molar-refractivity contribution >= 4 is 18.4 Å². The van der Waals surface area contributed by atoms with Crippen LogP contribution in [-0.4, -0.2) is 64.1 Å². The van der Waals surface area contributed by atoms with Gasteiger partial charge in [-0.15, -0.1) is 13.2 Å². The van der Waals surface area contributed by atoms with Crippen molar-refractivity contribution in [3.63, 3.8) is 0 Å². The molecule has 196 valence electrons. The Morgan fingerprint density at radius 2 is 1.42 bits per heavy atom. The lowest BCUT2D eigenvalue weighted by atomic mass is 9.99. The van der Waals surface area contributed by atoms with Crippen molar-refractivity contribution in [1.82, 2.24) is 0 Å². The molecule has 10 heteroatoms. The van der Waals surface area contributed by atoms with Gasteiger partial charge < -0.3 is 28.5 Å². The van der Waals surface area contributed by atoms with E-state index in [2.05, 4.69) is 9.89 Å². The highest BCUT2D eigenvalue weighted by atomic mass is 19.4. The molecule has 0 spiro atoms. The first-order chi connectivity index (χ1) is 17.2. The summed E-state index contributed by atoms with van der Waals surface area (Å²) >= 11 is 0. The zero-order valence-corrected chi connectivity index (χ0v) is 20.5. The molecular weight excluding hydrogens is 479 g/mol. The van der Waals surface area contributed by atoms with E-state index in [1.165, 1.54) is 12.1 Å². The zero-order valence-electron chi connectivity index (χ0n) is 20.5. The number of oxime groups is 1. The first kappa shape index (κ1) is 27.7. The standard InChI is InChI=1S/C26H30F3NO6/c1-5-33-23-22(31-3)17(2)34-25(24(23)32-4)36-30-16-20-10-8-18(9-11-20)6-7-19-12-14-21(15-13-19)35-26(27,28)29/h6-17,22-25H,5H2,1-4H3/b7-6+,30-16?/t17-,22-,23+,24+,25-/m0/s1. The minimum Gasteiger partial charge on any atom is -0.406 e. The Kier molecular flexibility index (Phi) is 9.89. The van der Waals surface area contributed by atoms with Crippen LogP contribution in [0.15, 0.2) is 53.7 Å². The van der Waals surface area contributed by atoms with E-state index in [1.807, 2.05) is 44.2 Å². The first-order valence-corrected chi connectivity index (χ1v) is 11.4. The van der Waals surface area contributed by atoms with Gasteiger partial charge in [0, 0.05) is 20.8 Å². The lowest BCUT2D eigenvalue weighted by molar-refractivity contribution is -0.308. The van der Waals surface area contributed by atoms with Crippen LogP contribution in [0, 0.1) is 0 Å². The van der Waals surface area contributed by atoms with Gasteiger partial charge in [0.1, 0.15) is 18.0 Å². The molecule has 0 saturated carbocycles. The van der Waals surface area contributed by atoms with Gasteiger partial charge in [-0.25, -0.2) is 0 Å². The second-order valence-electron chi connectivity index (χ2n) is 7.99. The lowest BCUT2D eigenvalue weighted by Crippen LogP contribution is -2.59. The minimum atomic E-state index is -4.71. The number of benzene rings is 2. The number of halogens is 3. The van der Waals surface area contributed by atoms with E-state index in [1.54, 1.807) is 38.6 Å². The molecule has 1 aliphatic heterocycles. The number of alkyl halides is 3. The molecule has 7 nitrogen and oxygen atoms in total. The molecule has 5 atom stereocenters. The van der Waals surface area contributed by atoms with Gasteiger partial charge in [0.15, 0.2) is 6.10 Å². The maximum atomic E-state index is 12.3. The van der Waals surface area contributed by atoms with Gasteiger partial charge in [0.25, 0.3) is 6.29 Å². The summed E-state index contributed by atoms with van der Waals surface area (Å²) in [7, 11) is 3.16. The molecule has 1 saturated heterocycles. The van der Waals surface area contributed by atoms with Crippen LogP contribution in [0.5, 0.6) is 5.75 Å². The third-order valence-electron chi connectivity index (χ3n) is 5.52. The molecular formula is C26H30F3NO6. The molecule has 0 aliphatic carbocycles. The normalized spacial score (nSPS) is 24.9. The van der Waals surface area contributed by atoms with Gasteiger partial charge >= 0.3 is 6.36 Å². The minimum absolute atomic E-state index is 0.262. The number of ether oxygens (including phenoxy) is 5. The Morgan fingerprint density at radius 1 is 0.861 bits per heavy atom. The second kappa shape index (κ2) is 12.9. The fourth-order valence-corrected chi connectivity index (χ4v) is 3.83. The van der Waals surface area contributed by atoms with Crippen LogP contribution >= 0.6 is 0 Å². The molecule has 0 amide bonds. The highest BCUT2D eigenvalue weighted by Gasteiger charge is 2.47. The molecule has 3 rings (SSSR count). The summed E-state index contributed by atoms with van der Waals surface area (Å²) in [5, 5.41) is 4.06. The fourth-order valence-electron chi connectivity index (χ4n) is 3.83. The van der Waals surface area contributed by atoms with E-state index >= 15 is 0 Å². The van der Waals surface area contributed by atoms with E-state index < -0.39 is 18.8 Å². The summed E-state index contributed by atoms with van der Waals surface area (Å²) in [5.74, 6) is -0.262. The Morgan fingerprint density at radius 3 is 1.94 bits per heavy atom. The average molecular weight is 510 g/mol. The van der Waals surface area contributed by atoms with Gasteiger partial charge in [0.05, 0.1) is 12.3 Å². The van der Waals surface area contributed by atoms with Crippen LogP contribution in [0.4, 0.5) is 13.2 Å².